The van der Waals surface area contributed by atoms with Crippen molar-refractivity contribution in [2.24, 2.45) is 0 Å². The van der Waals surface area contributed by atoms with Crippen molar-refractivity contribution < 1.29 is 0 Å². The maximum absolute atomic E-state index is 4.50. The van der Waals surface area contributed by atoms with Crippen LogP contribution in [-0.2, 0) is 0 Å². The van der Waals surface area contributed by atoms with E-state index in [9.17, 15) is 0 Å². The van der Waals surface area contributed by atoms with Crippen LogP contribution in [0.1, 0.15) is 27.8 Å². The summed E-state index contributed by atoms with van der Waals surface area (Å²) < 4.78 is 2.15. The number of hydrogen-bond donors (Lipinski definition) is 0. The number of fused-ring (bicyclic) bond motifs is 3. The first-order chi connectivity index (χ1) is 13.2. The highest BCUT2D eigenvalue weighted by molar-refractivity contribution is 7.99. The molecule has 1 aliphatic rings. The molecule has 0 atom stereocenters. The monoisotopic (exact) mass is 369 g/mol. The van der Waals surface area contributed by atoms with Gasteiger partial charge in [-0.1, -0.05) is 78.0 Å². The second kappa shape index (κ2) is 6.39. The third-order valence-electron chi connectivity index (χ3n) is 5.09. The Morgan fingerprint density at radius 1 is 0.741 bits per heavy atom. The number of aromatic nitrogens is 3. The topological polar surface area (TPSA) is 30.7 Å². The Morgan fingerprint density at radius 3 is 1.96 bits per heavy atom. The van der Waals surface area contributed by atoms with Gasteiger partial charge in [0.15, 0.2) is 5.16 Å². The molecule has 0 saturated carbocycles. The lowest BCUT2D eigenvalue weighted by molar-refractivity contribution is 0.865. The van der Waals surface area contributed by atoms with Crippen molar-refractivity contribution in [3.05, 3.63) is 95.3 Å². The summed E-state index contributed by atoms with van der Waals surface area (Å²) >= 11 is 1.77. The zero-order chi connectivity index (χ0) is 18.4. The Balaban J connectivity index is 1.60. The van der Waals surface area contributed by atoms with Crippen LogP contribution < -0.4 is 0 Å². The number of benzene rings is 3. The molecule has 0 saturated heterocycles. The summed E-state index contributed by atoms with van der Waals surface area (Å²) in [6.45, 7) is 4.11. The highest BCUT2D eigenvalue weighted by Crippen LogP contribution is 2.51. The molecule has 0 aliphatic heterocycles. The van der Waals surface area contributed by atoms with E-state index in [4.69, 9.17) is 0 Å². The zero-order valence-electron chi connectivity index (χ0n) is 15.3. The molecule has 0 fully saturated rings. The fourth-order valence-corrected chi connectivity index (χ4v) is 5.06. The van der Waals surface area contributed by atoms with Crippen molar-refractivity contribution in [2.45, 2.75) is 24.3 Å². The fraction of sp³-hybridized carbons (Fsp3) is 0.130. The molecular formula is C23H19N3S. The molecule has 1 heterocycles. The number of rotatable bonds is 3. The average molecular weight is 369 g/mol. The van der Waals surface area contributed by atoms with E-state index in [1.807, 2.05) is 6.92 Å². The van der Waals surface area contributed by atoms with E-state index < -0.39 is 0 Å². The van der Waals surface area contributed by atoms with E-state index >= 15 is 0 Å². The van der Waals surface area contributed by atoms with E-state index in [1.165, 1.54) is 27.8 Å². The standard InChI is InChI=1S/C23H19N3S/c1-15-11-13-17(14-12-15)26-16(2)24-25-23(26)27-22-20-9-5-3-7-18(20)19-8-4-6-10-21(19)22/h3-14,22H,1-2H3. The number of aryl methyl sites for hydroxylation is 2. The normalized spacial score (nSPS) is 12.8. The van der Waals surface area contributed by atoms with Crippen LogP contribution in [0.5, 0.6) is 0 Å². The van der Waals surface area contributed by atoms with Gasteiger partial charge in [0.05, 0.1) is 5.25 Å². The molecule has 1 aromatic heterocycles. The van der Waals surface area contributed by atoms with Crippen molar-refractivity contribution in [1.82, 2.24) is 14.8 Å². The molecular weight excluding hydrogens is 350 g/mol. The van der Waals surface area contributed by atoms with E-state index in [0.717, 1.165) is 16.7 Å². The quantitative estimate of drug-likeness (QED) is 0.461. The Kier molecular flexibility index (Phi) is 3.87. The smallest absolute Gasteiger partial charge is 0.196 e. The van der Waals surface area contributed by atoms with Gasteiger partial charge in [-0.3, -0.25) is 4.57 Å². The third kappa shape index (κ3) is 2.68. The highest BCUT2D eigenvalue weighted by Gasteiger charge is 2.30. The molecule has 27 heavy (non-hydrogen) atoms. The Morgan fingerprint density at radius 2 is 1.33 bits per heavy atom. The SMILES string of the molecule is Cc1ccc(-n2c(C)nnc2SC2c3ccccc3-c3ccccc32)cc1. The summed E-state index contributed by atoms with van der Waals surface area (Å²) in [5, 5.41) is 10.0. The summed E-state index contributed by atoms with van der Waals surface area (Å²) in [5.41, 5.74) is 7.69. The predicted octanol–water partition coefficient (Wildman–Crippen LogP) is 5.75. The molecule has 0 spiro atoms. The maximum Gasteiger partial charge on any atom is 0.196 e. The summed E-state index contributed by atoms with van der Waals surface area (Å²) in [4.78, 5) is 0. The van der Waals surface area contributed by atoms with Crippen LogP contribution in [0, 0.1) is 13.8 Å². The minimum absolute atomic E-state index is 0.227. The average Bonchev–Trinajstić information content (AvgIpc) is 3.22. The van der Waals surface area contributed by atoms with Crippen molar-refractivity contribution in [3.8, 4) is 16.8 Å². The van der Waals surface area contributed by atoms with Gasteiger partial charge in [0.1, 0.15) is 5.82 Å². The van der Waals surface area contributed by atoms with Gasteiger partial charge in [-0.15, -0.1) is 10.2 Å². The summed E-state index contributed by atoms with van der Waals surface area (Å²) in [5.74, 6) is 0.904. The van der Waals surface area contributed by atoms with Crippen LogP contribution in [0.3, 0.4) is 0 Å². The van der Waals surface area contributed by atoms with Gasteiger partial charge in [0.2, 0.25) is 0 Å². The van der Waals surface area contributed by atoms with Gasteiger partial charge in [-0.25, -0.2) is 0 Å². The second-order valence-electron chi connectivity index (χ2n) is 6.87. The van der Waals surface area contributed by atoms with Crippen molar-refractivity contribution in [1.29, 1.82) is 0 Å². The molecule has 4 heteroatoms. The van der Waals surface area contributed by atoms with E-state index in [0.29, 0.717) is 0 Å². The number of hydrogen-bond acceptors (Lipinski definition) is 3. The molecule has 4 aromatic rings. The summed E-state index contributed by atoms with van der Waals surface area (Å²) in [6.07, 6.45) is 0. The van der Waals surface area contributed by atoms with Gasteiger partial charge in [-0.05, 0) is 48.2 Å². The van der Waals surface area contributed by atoms with E-state index in [2.05, 4.69) is 94.5 Å². The lowest BCUT2D eigenvalue weighted by Gasteiger charge is -2.14. The minimum atomic E-state index is 0.227. The first kappa shape index (κ1) is 16.3. The first-order valence-corrected chi connectivity index (χ1v) is 9.94. The summed E-state index contributed by atoms with van der Waals surface area (Å²) in [7, 11) is 0. The Labute approximate surface area is 163 Å². The second-order valence-corrected chi connectivity index (χ2v) is 7.95. The van der Waals surface area contributed by atoms with Gasteiger partial charge in [-0.2, -0.15) is 0 Å². The third-order valence-corrected chi connectivity index (χ3v) is 6.31. The molecule has 0 bridgehead atoms. The summed E-state index contributed by atoms with van der Waals surface area (Å²) in [6, 6.07) is 25.9. The minimum Gasteiger partial charge on any atom is -0.274 e. The van der Waals surface area contributed by atoms with Crippen molar-refractivity contribution >= 4 is 11.8 Å². The van der Waals surface area contributed by atoms with E-state index in [-0.39, 0.29) is 5.25 Å². The van der Waals surface area contributed by atoms with Crippen molar-refractivity contribution in [2.75, 3.05) is 0 Å². The van der Waals surface area contributed by atoms with Gasteiger partial charge >= 0.3 is 0 Å². The van der Waals surface area contributed by atoms with Gasteiger partial charge in [0.25, 0.3) is 0 Å². The molecule has 0 radical (unpaired) electrons. The highest BCUT2D eigenvalue weighted by atomic mass is 32.2. The van der Waals surface area contributed by atoms with Crippen LogP contribution in [0.25, 0.3) is 16.8 Å². The van der Waals surface area contributed by atoms with Gasteiger partial charge < -0.3 is 0 Å². The zero-order valence-corrected chi connectivity index (χ0v) is 16.1. The Hall–Kier alpha value is -2.85. The fourth-order valence-electron chi connectivity index (χ4n) is 3.75. The van der Waals surface area contributed by atoms with Crippen LogP contribution in [0.15, 0.2) is 78.0 Å². The predicted molar refractivity (Wildman–Crippen MR) is 110 cm³/mol. The van der Waals surface area contributed by atoms with E-state index in [1.54, 1.807) is 11.8 Å². The van der Waals surface area contributed by atoms with Crippen molar-refractivity contribution in [3.63, 3.8) is 0 Å². The molecule has 132 valence electrons. The van der Waals surface area contributed by atoms with Crippen LogP contribution in [-0.4, -0.2) is 14.8 Å². The molecule has 5 rings (SSSR count). The number of nitrogens with zero attached hydrogens (tertiary/aromatic N) is 3. The molecule has 3 aromatic carbocycles. The van der Waals surface area contributed by atoms with Crippen LogP contribution in [0.2, 0.25) is 0 Å². The first-order valence-electron chi connectivity index (χ1n) is 9.06. The maximum atomic E-state index is 4.50. The molecule has 0 N–H and O–H groups in total. The largest absolute Gasteiger partial charge is 0.274 e. The molecule has 0 unspecified atom stereocenters. The lowest BCUT2D eigenvalue weighted by atomic mass is 10.1. The van der Waals surface area contributed by atoms with Gasteiger partial charge in [0, 0.05) is 5.69 Å². The lowest BCUT2D eigenvalue weighted by Crippen LogP contribution is -2.01. The molecule has 3 nitrogen and oxygen atoms in total. The molecule has 0 amide bonds. The number of thioether (sulfide) groups is 1. The van der Waals surface area contributed by atoms with Crippen LogP contribution in [0.4, 0.5) is 0 Å². The molecule has 1 aliphatic carbocycles. The van der Waals surface area contributed by atoms with Crippen LogP contribution >= 0.6 is 11.8 Å². The Bertz CT molecular complexity index is 1080.